The van der Waals surface area contributed by atoms with Crippen molar-refractivity contribution in [2.24, 2.45) is 0 Å². The van der Waals surface area contributed by atoms with Gasteiger partial charge in [-0.15, -0.1) is 0 Å². The summed E-state index contributed by atoms with van der Waals surface area (Å²) in [4.78, 5) is 61.5. The summed E-state index contributed by atoms with van der Waals surface area (Å²) in [6.07, 6.45) is -4.55. The van der Waals surface area contributed by atoms with Crippen molar-refractivity contribution in [3.8, 4) is 0 Å². The van der Waals surface area contributed by atoms with Gasteiger partial charge in [-0.2, -0.15) is 0 Å². The van der Waals surface area contributed by atoms with Gasteiger partial charge in [0.25, 0.3) is 0 Å². The third-order valence-corrected chi connectivity index (χ3v) is 3.36. The zero-order valence-corrected chi connectivity index (χ0v) is 25.3. The van der Waals surface area contributed by atoms with Crippen LogP contribution < -0.4 is 177 Å². The molecule has 0 aliphatic heterocycles. The first-order valence-electron chi connectivity index (χ1n) is 3.54. The molecule has 0 unspecified atom stereocenters. The van der Waals surface area contributed by atoms with Crippen LogP contribution in [0.25, 0.3) is 0 Å². The van der Waals surface area contributed by atoms with E-state index in [0.717, 1.165) is 0 Å². The van der Waals surface area contributed by atoms with Gasteiger partial charge in [0.1, 0.15) is 0 Å². The van der Waals surface area contributed by atoms with Crippen molar-refractivity contribution in [2.45, 2.75) is 0 Å². The molecule has 0 aromatic rings. The Morgan fingerprint density at radius 1 is 0.524 bits per heavy atom. The first-order chi connectivity index (χ1) is 6.79. The van der Waals surface area contributed by atoms with Crippen molar-refractivity contribution in [3.63, 3.8) is 0 Å². The van der Waals surface area contributed by atoms with Gasteiger partial charge >= 0.3 is 148 Å². The summed E-state index contributed by atoms with van der Waals surface area (Å²) in [6.45, 7) is 0. The molecule has 0 radical (unpaired) electrons. The van der Waals surface area contributed by atoms with Crippen molar-refractivity contribution >= 4 is 22.8 Å². The summed E-state index contributed by atoms with van der Waals surface area (Å²) in [5.41, 5.74) is 0. The molecule has 0 fully saturated rings. The second kappa shape index (κ2) is 17.5. The molecule has 0 spiro atoms. The van der Waals surface area contributed by atoms with E-state index in [0.29, 0.717) is 0 Å². The molecule has 0 atom stereocenters. The monoisotopic (exact) mass is 408 g/mol. The Morgan fingerprint density at radius 2 is 0.667 bits per heavy atom. The third kappa shape index (κ3) is 33.4. The molecular formula is C3H6NNa5O9P3-. The third-order valence-electron chi connectivity index (χ3n) is 1.12. The van der Waals surface area contributed by atoms with Gasteiger partial charge in [-0.1, -0.05) is 22.8 Å². The molecule has 0 aromatic carbocycles. The minimum Gasteiger partial charge on any atom is -0.810 e. The second-order valence-electron chi connectivity index (χ2n) is 2.93. The Kier molecular flexibility index (Phi) is 34.1. The summed E-state index contributed by atoms with van der Waals surface area (Å²) >= 11 is 0. The van der Waals surface area contributed by atoms with E-state index in [1.807, 2.05) is 0 Å². The van der Waals surface area contributed by atoms with Crippen molar-refractivity contribution in [1.29, 1.82) is 0 Å². The Hall–Kier alpha value is 5.41. The molecule has 18 heteroatoms. The van der Waals surface area contributed by atoms with E-state index in [2.05, 4.69) is 0 Å². The molecule has 0 aliphatic rings. The van der Waals surface area contributed by atoms with Crippen LogP contribution in [0.15, 0.2) is 0 Å². The van der Waals surface area contributed by atoms with E-state index in [-0.39, 0.29) is 153 Å². The molecule has 0 saturated carbocycles. The second-order valence-corrected chi connectivity index (χ2v) is 7.44. The Morgan fingerprint density at radius 3 is 0.762 bits per heavy atom. The maximum Gasteiger partial charge on any atom is 1.00 e. The Bertz CT molecular complexity index is 322. The maximum atomic E-state index is 10.3. The van der Waals surface area contributed by atoms with Crippen LogP contribution in [0.5, 0.6) is 0 Å². The molecule has 10 nitrogen and oxygen atoms in total. The van der Waals surface area contributed by atoms with Gasteiger partial charge < -0.3 is 43.1 Å². The van der Waals surface area contributed by atoms with E-state index < -0.39 is 41.6 Å². The van der Waals surface area contributed by atoms with Crippen molar-refractivity contribution < 1.29 is 191 Å². The fourth-order valence-corrected chi connectivity index (χ4v) is 3.41. The van der Waals surface area contributed by atoms with Gasteiger partial charge in [-0.3, -0.25) is 4.90 Å². The van der Waals surface area contributed by atoms with Crippen LogP contribution in [0.4, 0.5) is 0 Å². The van der Waals surface area contributed by atoms with Gasteiger partial charge in [0.2, 0.25) is 0 Å². The zero-order chi connectivity index (χ0) is 13.2. The van der Waals surface area contributed by atoms with E-state index >= 15 is 0 Å². The first kappa shape index (κ1) is 40.9. The van der Waals surface area contributed by atoms with Crippen molar-refractivity contribution in [3.05, 3.63) is 0 Å². The van der Waals surface area contributed by atoms with Crippen LogP contribution in [0.3, 0.4) is 0 Å². The SMILES string of the molecule is O=P([O-])([O-])CN(CP(=O)([O-])[O-])CP(=O)([O-])[O-].[Na+].[Na+].[Na+].[Na+].[Na+]. The first-order valence-corrected chi connectivity index (χ1v) is 8.72. The van der Waals surface area contributed by atoms with Crippen LogP contribution in [-0.2, 0) is 13.7 Å². The van der Waals surface area contributed by atoms with E-state index in [9.17, 15) is 43.1 Å². The summed E-state index contributed by atoms with van der Waals surface area (Å²) in [5.74, 6) is 0. The number of hydrogen-bond acceptors (Lipinski definition) is 10. The van der Waals surface area contributed by atoms with Crippen LogP contribution >= 0.6 is 22.8 Å². The van der Waals surface area contributed by atoms with Gasteiger partial charge in [-0.25, -0.2) is 0 Å². The predicted octanol–water partition coefficient (Wildman–Crippen LogP) is -20.1. The molecule has 0 bridgehead atoms. The molecule has 0 rings (SSSR count). The molecule has 98 valence electrons. The molecule has 0 amide bonds. The molecule has 0 saturated heterocycles. The van der Waals surface area contributed by atoms with Crippen molar-refractivity contribution in [1.82, 2.24) is 4.90 Å². The quantitative estimate of drug-likeness (QED) is 0.301. The smallest absolute Gasteiger partial charge is 0.810 e. The van der Waals surface area contributed by atoms with Gasteiger partial charge in [0.15, 0.2) is 0 Å². The molecule has 21 heavy (non-hydrogen) atoms. The molecule has 0 heterocycles. The molecule has 0 N–H and O–H groups in total. The molecular weight excluding hydrogens is 402 g/mol. The Labute approximate surface area is 232 Å². The van der Waals surface area contributed by atoms with Gasteiger partial charge in [-0.05, 0) is 0 Å². The number of nitrogens with zero attached hydrogens (tertiary/aromatic N) is 1. The predicted molar refractivity (Wildman–Crippen MR) is 39.3 cm³/mol. The largest absolute Gasteiger partial charge is 1.00 e. The number of rotatable bonds is 6. The Balaban J connectivity index is -0.000000112. The van der Waals surface area contributed by atoms with E-state index in [4.69, 9.17) is 0 Å². The summed E-state index contributed by atoms with van der Waals surface area (Å²) < 4.78 is 30.8. The normalized spacial score (nSPS) is 11.0. The fraction of sp³-hybridized carbons (Fsp3) is 1.00. The van der Waals surface area contributed by atoms with Gasteiger partial charge in [0.05, 0.1) is 0 Å². The number of hydrogen-bond donors (Lipinski definition) is 0. The van der Waals surface area contributed by atoms with Crippen LogP contribution in [0.2, 0.25) is 0 Å². The summed E-state index contributed by atoms with van der Waals surface area (Å²) in [6, 6.07) is 0. The van der Waals surface area contributed by atoms with Crippen LogP contribution in [0, 0.1) is 0 Å². The summed E-state index contributed by atoms with van der Waals surface area (Å²) in [7, 11) is -15.8. The van der Waals surface area contributed by atoms with Crippen LogP contribution in [-0.4, -0.2) is 23.8 Å². The van der Waals surface area contributed by atoms with Crippen molar-refractivity contribution in [2.75, 3.05) is 18.9 Å². The van der Waals surface area contributed by atoms with Crippen LogP contribution in [0.1, 0.15) is 0 Å². The summed E-state index contributed by atoms with van der Waals surface area (Å²) in [5, 5.41) is 0. The van der Waals surface area contributed by atoms with Gasteiger partial charge in [0, 0.05) is 18.9 Å². The average Bonchev–Trinajstić information content (AvgIpc) is 1.70. The standard InChI is InChI=1S/C3H12NO9P3.5Na/c5-14(6,7)1-4(2-15(8,9)10)3-16(11,12)13;;;;;/h1-3H2,(H2,5,6,7)(H2,8,9,10)(H2,11,12,13);;;;;/q;5*+1/p-6. The molecule has 0 aromatic heterocycles. The van der Waals surface area contributed by atoms with E-state index in [1.54, 1.807) is 0 Å². The topological polar surface area (TPSA) is 193 Å². The average molecular weight is 408 g/mol. The molecule has 0 aliphatic carbocycles. The maximum absolute atomic E-state index is 10.3. The minimum atomic E-state index is -5.27. The minimum absolute atomic E-state index is 0. The fourth-order valence-electron chi connectivity index (χ4n) is 0.869. The van der Waals surface area contributed by atoms with E-state index in [1.165, 1.54) is 0 Å². The zero-order valence-electron chi connectivity index (χ0n) is 12.6.